The van der Waals surface area contributed by atoms with Gasteiger partial charge >= 0.3 is 5.76 Å². The average molecular weight is 369 g/mol. The van der Waals surface area contributed by atoms with Crippen molar-refractivity contribution in [2.24, 2.45) is 0 Å². The number of nitro groups is 1. The molecular weight excluding hydrogens is 350 g/mol. The van der Waals surface area contributed by atoms with Gasteiger partial charge in [-0.25, -0.2) is 4.79 Å². The summed E-state index contributed by atoms with van der Waals surface area (Å²) in [7, 11) is 0. The van der Waals surface area contributed by atoms with Gasteiger partial charge in [0, 0.05) is 19.0 Å². The van der Waals surface area contributed by atoms with Crippen LogP contribution in [0.25, 0.3) is 11.1 Å². The first kappa shape index (κ1) is 18.4. The number of fused-ring (bicyclic) bond motifs is 1. The van der Waals surface area contributed by atoms with Crippen LogP contribution in [0.4, 0.5) is 5.69 Å². The lowest BCUT2D eigenvalue weighted by atomic mass is 10.1. The minimum atomic E-state index is -0.594. The number of carbonyl (C=O) groups is 1. The molecule has 0 fully saturated rings. The molecule has 0 bridgehead atoms. The highest BCUT2D eigenvalue weighted by molar-refractivity contribution is 5.77. The second-order valence-corrected chi connectivity index (χ2v) is 6.23. The van der Waals surface area contributed by atoms with Crippen molar-refractivity contribution in [1.82, 2.24) is 9.88 Å². The molecule has 0 saturated carbocycles. The first-order valence-electron chi connectivity index (χ1n) is 8.58. The van der Waals surface area contributed by atoms with Crippen molar-refractivity contribution < 1.29 is 14.1 Å². The first-order chi connectivity index (χ1) is 13.0. The van der Waals surface area contributed by atoms with E-state index in [9.17, 15) is 19.7 Å². The van der Waals surface area contributed by atoms with Gasteiger partial charge < -0.3 is 9.73 Å². The molecule has 2 aromatic carbocycles. The number of amides is 1. The number of nitrogens with zero attached hydrogens (tertiary/aromatic N) is 2. The lowest BCUT2D eigenvalue weighted by Gasteiger charge is -2.14. The molecule has 1 aromatic heterocycles. The monoisotopic (exact) mass is 369 g/mol. The quantitative estimate of drug-likeness (QED) is 0.508. The van der Waals surface area contributed by atoms with E-state index in [0.29, 0.717) is 11.9 Å². The van der Waals surface area contributed by atoms with Gasteiger partial charge in [-0.1, -0.05) is 30.3 Å². The van der Waals surface area contributed by atoms with Gasteiger partial charge in [-0.15, -0.1) is 0 Å². The van der Waals surface area contributed by atoms with Crippen LogP contribution in [0.1, 0.15) is 31.4 Å². The van der Waals surface area contributed by atoms with E-state index in [1.54, 1.807) is 0 Å². The number of rotatable bonds is 7. The van der Waals surface area contributed by atoms with Crippen molar-refractivity contribution in [3.05, 3.63) is 74.8 Å². The van der Waals surface area contributed by atoms with E-state index in [-0.39, 0.29) is 36.2 Å². The fraction of sp³-hybridized carbons (Fsp3) is 0.263. The number of oxazole rings is 1. The average Bonchev–Trinajstić information content (AvgIpc) is 2.97. The third-order valence-electron chi connectivity index (χ3n) is 4.33. The maximum Gasteiger partial charge on any atom is 0.419 e. The van der Waals surface area contributed by atoms with Gasteiger partial charge in [0.15, 0.2) is 5.58 Å². The van der Waals surface area contributed by atoms with E-state index < -0.39 is 10.7 Å². The van der Waals surface area contributed by atoms with Gasteiger partial charge in [0.1, 0.15) is 0 Å². The number of benzene rings is 2. The normalized spacial score (nSPS) is 12.0. The third-order valence-corrected chi connectivity index (χ3v) is 4.33. The highest BCUT2D eigenvalue weighted by Crippen LogP contribution is 2.20. The molecular formula is C19H19N3O5. The summed E-state index contributed by atoms with van der Waals surface area (Å²) >= 11 is 0. The Morgan fingerprint density at radius 1 is 1.26 bits per heavy atom. The smallest absolute Gasteiger partial charge is 0.407 e. The van der Waals surface area contributed by atoms with Crippen LogP contribution in [-0.4, -0.2) is 15.4 Å². The van der Waals surface area contributed by atoms with Gasteiger partial charge in [-0.05, 0) is 25.0 Å². The molecule has 8 nitrogen and oxygen atoms in total. The Balaban J connectivity index is 1.60. The maximum atomic E-state index is 12.1. The predicted molar refractivity (Wildman–Crippen MR) is 99.4 cm³/mol. The molecule has 1 amide bonds. The number of nitrogens with one attached hydrogen (secondary N) is 1. The first-order valence-corrected chi connectivity index (χ1v) is 8.58. The number of aryl methyl sites for hydroxylation is 1. The van der Waals surface area contributed by atoms with Gasteiger partial charge in [0.05, 0.1) is 22.5 Å². The Hall–Kier alpha value is -3.42. The number of hydrogen-bond acceptors (Lipinski definition) is 5. The number of carbonyl (C=O) groups excluding carboxylic acids is 1. The van der Waals surface area contributed by atoms with Gasteiger partial charge in [0.2, 0.25) is 5.91 Å². The lowest BCUT2D eigenvalue weighted by molar-refractivity contribution is -0.384. The molecule has 3 aromatic rings. The topological polar surface area (TPSA) is 107 Å². The highest BCUT2D eigenvalue weighted by Gasteiger charge is 2.15. The second kappa shape index (κ2) is 7.86. The zero-order valence-corrected chi connectivity index (χ0v) is 14.8. The summed E-state index contributed by atoms with van der Waals surface area (Å²) in [4.78, 5) is 34.4. The van der Waals surface area contributed by atoms with E-state index >= 15 is 0 Å². The molecule has 8 heteroatoms. The van der Waals surface area contributed by atoms with Crippen LogP contribution >= 0.6 is 0 Å². The zero-order valence-electron chi connectivity index (χ0n) is 14.8. The van der Waals surface area contributed by atoms with E-state index in [0.717, 1.165) is 5.56 Å². The second-order valence-electron chi connectivity index (χ2n) is 6.23. The molecule has 0 spiro atoms. The largest absolute Gasteiger partial charge is 0.419 e. The summed E-state index contributed by atoms with van der Waals surface area (Å²) < 4.78 is 6.45. The molecule has 0 radical (unpaired) electrons. The van der Waals surface area contributed by atoms with Crippen molar-refractivity contribution in [3.63, 3.8) is 0 Å². The summed E-state index contributed by atoms with van der Waals surface area (Å²) in [5.74, 6) is -0.702. The molecule has 0 aliphatic rings. The van der Waals surface area contributed by atoms with Crippen molar-refractivity contribution in [2.45, 2.75) is 32.4 Å². The van der Waals surface area contributed by atoms with Crippen LogP contribution in [0.3, 0.4) is 0 Å². The van der Waals surface area contributed by atoms with Crippen molar-refractivity contribution in [1.29, 1.82) is 0 Å². The Kier molecular flexibility index (Phi) is 5.35. The Labute approximate surface area is 154 Å². The summed E-state index contributed by atoms with van der Waals surface area (Å²) in [6, 6.07) is 13.6. The van der Waals surface area contributed by atoms with Crippen molar-refractivity contribution in [3.8, 4) is 0 Å². The highest BCUT2D eigenvalue weighted by atomic mass is 16.6. The minimum Gasteiger partial charge on any atom is -0.407 e. The number of aromatic nitrogens is 1. The van der Waals surface area contributed by atoms with E-state index in [1.807, 2.05) is 37.3 Å². The van der Waals surface area contributed by atoms with Gasteiger partial charge in [-0.3, -0.25) is 19.5 Å². The van der Waals surface area contributed by atoms with Crippen LogP contribution in [-0.2, 0) is 11.3 Å². The van der Waals surface area contributed by atoms with Crippen LogP contribution in [0, 0.1) is 10.1 Å². The fourth-order valence-corrected chi connectivity index (χ4v) is 2.92. The molecule has 0 aliphatic heterocycles. The van der Waals surface area contributed by atoms with Gasteiger partial charge in [-0.2, -0.15) is 0 Å². The van der Waals surface area contributed by atoms with Crippen LogP contribution in [0.15, 0.2) is 57.7 Å². The van der Waals surface area contributed by atoms with Crippen LogP contribution in [0.5, 0.6) is 0 Å². The number of hydrogen-bond donors (Lipinski definition) is 1. The molecule has 27 heavy (non-hydrogen) atoms. The molecule has 140 valence electrons. The number of non-ortho nitro benzene ring substituents is 1. The summed E-state index contributed by atoms with van der Waals surface area (Å²) in [5.41, 5.74) is 1.52. The fourth-order valence-electron chi connectivity index (χ4n) is 2.92. The van der Waals surface area contributed by atoms with Crippen LogP contribution < -0.4 is 11.1 Å². The Morgan fingerprint density at radius 3 is 2.70 bits per heavy atom. The van der Waals surface area contributed by atoms with E-state index in [4.69, 9.17) is 4.42 Å². The van der Waals surface area contributed by atoms with E-state index in [1.165, 1.54) is 22.8 Å². The Bertz CT molecular complexity index is 1020. The van der Waals surface area contributed by atoms with Gasteiger partial charge in [0.25, 0.3) is 5.69 Å². The minimum absolute atomic E-state index is 0.100. The van der Waals surface area contributed by atoms with E-state index in [2.05, 4.69) is 5.32 Å². The lowest BCUT2D eigenvalue weighted by Crippen LogP contribution is -2.27. The van der Waals surface area contributed by atoms with Crippen molar-refractivity contribution >= 4 is 22.7 Å². The summed E-state index contributed by atoms with van der Waals surface area (Å²) in [6.45, 7) is 2.20. The molecule has 1 heterocycles. The third kappa shape index (κ3) is 4.22. The SMILES string of the molecule is C[C@@H](NC(=O)CCCn1c(=O)oc2cc([N+](=O)[O-])ccc21)c1ccccc1. The maximum absolute atomic E-state index is 12.1. The summed E-state index contributed by atoms with van der Waals surface area (Å²) in [6.07, 6.45) is 0.697. The molecule has 1 N–H and O–H groups in total. The molecule has 0 aliphatic carbocycles. The molecule has 1 atom stereocenters. The van der Waals surface area contributed by atoms with Crippen molar-refractivity contribution in [2.75, 3.05) is 0 Å². The molecule has 3 rings (SSSR count). The zero-order chi connectivity index (χ0) is 19.4. The standard InChI is InChI=1S/C19H19N3O5/c1-13(14-6-3-2-4-7-14)20-18(23)8-5-11-21-16-10-9-15(22(25)26)12-17(16)27-19(21)24/h2-4,6-7,9-10,12-13H,5,8,11H2,1H3,(H,20,23)/t13-/m1/s1. The molecule has 0 unspecified atom stereocenters. The predicted octanol–water partition coefficient (Wildman–Crippen LogP) is 3.16. The molecule has 0 saturated heterocycles. The number of nitro benzene ring substituents is 1. The summed E-state index contributed by atoms with van der Waals surface area (Å²) in [5, 5.41) is 13.7. The van der Waals surface area contributed by atoms with Crippen LogP contribution in [0.2, 0.25) is 0 Å². The Morgan fingerprint density at radius 2 is 2.00 bits per heavy atom.